The Morgan fingerprint density at radius 3 is 2.89 bits per heavy atom. The lowest BCUT2D eigenvalue weighted by Crippen LogP contribution is -2.45. The van der Waals surface area contributed by atoms with E-state index in [-0.39, 0.29) is 6.04 Å². The summed E-state index contributed by atoms with van der Waals surface area (Å²) in [5, 5.41) is 12.6. The van der Waals surface area contributed by atoms with Gasteiger partial charge in [0.05, 0.1) is 5.69 Å². The molecular formula is C13H21N3O2. The van der Waals surface area contributed by atoms with Crippen molar-refractivity contribution >= 4 is 11.7 Å². The third kappa shape index (κ3) is 2.51. The Morgan fingerprint density at radius 2 is 2.33 bits per heavy atom. The van der Waals surface area contributed by atoms with E-state index in [1.165, 1.54) is 0 Å². The van der Waals surface area contributed by atoms with Crippen LogP contribution < -0.4 is 10.2 Å². The summed E-state index contributed by atoms with van der Waals surface area (Å²) >= 11 is 0. The molecule has 2 N–H and O–H groups in total. The number of aryl methyl sites for hydroxylation is 1. The molecule has 1 aromatic heterocycles. The topological polar surface area (TPSA) is 57.5 Å². The maximum atomic E-state index is 11.3. The van der Waals surface area contributed by atoms with Crippen molar-refractivity contribution in [2.75, 3.05) is 18.0 Å². The molecule has 0 unspecified atom stereocenters. The first kappa shape index (κ1) is 13.0. The van der Waals surface area contributed by atoms with E-state index in [1.807, 2.05) is 35.0 Å². The number of aromatic nitrogens is 1. The molecule has 1 aromatic rings. The summed E-state index contributed by atoms with van der Waals surface area (Å²) in [6.07, 6.45) is 5.59. The number of hydrogen-bond acceptors (Lipinski definition) is 3. The Morgan fingerprint density at radius 1 is 1.56 bits per heavy atom. The summed E-state index contributed by atoms with van der Waals surface area (Å²) in [4.78, 5) is 13.4. The minimum atomic E-state index is -0.724. The van der Waals surface area contributed by atoms with Gasteiger partial charge in [0.2, 0.25) is 0 Å². The molecule has 0 amide bonds. The number of carboxylic acid groups (broad SMARTS) is 1. The van der Waals surface area contributed by atoms with Crippen LogP contribution in [-0.4, -0.2) is 40.8 Å². The van der Waals surface area contributed by atoms with Gasteiger partial charge in [0.15, 0.2) is 0 Å². The van der Waals surface area contributed by atoms with E-state index in [0.29, 0.717) is 0 Å². The van der Waals surface area contributed by atoms with Gasteiger partial charge in [-0.1, -0.05) is 6.92 Å². The van der Waals surface area contributed by atoms with E-state index in [4.69, 9.17) is 0 Å². The number of nitrogens with one attached hydrogen (secondary N) is 1. The molecule has 0 aromatic carbocycles. The Balaban J connectivity index is 2.19. The van der Waals surface area contributed by atoms with Gasteiger partial charge in [-0.25, -0.2) is 4.79 Å². The minimum Gasteiger partial charge on any atom is -0.480 e. The van der Waals surface area contributed by atoms with Crippen molar-refractivity contribution in [2.24, 2.45) is 7.05 Å². The zero-order valence-corrected chi connectivity index (χ0v) is 11.0. The summed E-state index contributed by atoms with van der Waals surface area (Å²) in [5.74, 6) is -0.724. The van der Waals surface area contributed by atoms with Gasteiger partial charge >= 0.3 is 5.97 Å². The zero-order chi connectivity index (χ0) is 13.1. The molecule has 2 heterocycles. The predicted octanol–water partition coefficient (Wildman–Crippen LogP) is 1.06. The second-order valence-electron chi connectivity index (χ2n) is 4.84. The first-order valence-electron chi connectivity index (χ1n) is 6.47. The highest BCUT2D eigenvalue weighted by Gasteiger charge is 2.37. The van der Waals surface area contributed by atoms with Crippen LogP contribution >= 0.6 is 0 Å². The maximum Gasteiger partial charge on any atom is 0.326 e. The van der Waals surface area contributed by atoms with Gasteiger partial charge in [-0.3, -0.25) is 0 Å². The molecule has 0 bridgehead atoms. The number of anilines is 1. The van der Waals surface area contributed by atoms with Crippen molar-refractivity contribution in [2.45, 2.75) is 31.8 Å². The smallest absolute Gasteiger partial charge is 0.326 e. The van der Waals surface area contributed by atoms with Crippen molar-refractivity contribution in [1.82, 2.24) is 9.88 Å². The van der Waals surface area contributed by atoms with Crippen LogP contribution in [0.4, 0.5) is 5.69 Å². The fourth-order valence-corrected chi connectivity index (χ4v) is 2.67. The number of likely N-dealkylation sites (N-methyl/N-ethyl adjacent to an activating group) is 1. The van der Waals surface area contributed by atoms with E-state index in [9.17, 15) is 9.90 Å². The van der Waals surface area contributed by atoms with E-state index in [2.05, 4.69) is 12.2 Å². The SMILES string of the molecule is CCNC[C@H]1CC[C@H](C(=O)O)N1c1ccn(C)c1. The van der Waals surface area contributed by atoms with Crippen LogP contribution in [0.1, 0.15) is 19.8 Å². The van der Waals surface area contributed by atoms with Crippen molar-refractivity contribution in [3.8, 4) is 0 Å². The Labute approximate surface area is 107 Å². The van der Waals surface area contributed by atoms with Crippen LogP contribution in [0, 0.1) is 0 Å². The lowest BCUT2D eigenvalue weighted by molar-refractivity contribution is -0.138. The van der Waals surface area contributed by atoms with E-state index >= 15 is 0 Å². The predicted molar refractivity (Wildman–Crippen MR) is 70.9 cm³/mol. The number of carboxylic acids is 1. The highest BCUT2D eigenvalue weighted by Crippen LogP contribution is 2.30. The lowest BCUT2D eigenvalue weighted by Gasteiger charge is -2.29. The highest BCUT2D eigenvalue weighted by molar-refractivity contribution is 5.79. The molecule has 1 fully saturated rings. The number of nitrogens with zero attached hydrogens (tertiary/aromatic N) is 2. The quantitative estimate of drug-likeness (QED) is 0.821. The van der Waals surface area contributed by atoms with Crippen molar-refractivity contribution < 1.29 is 9.90 Å². The molecule has 2 rings (SSSR count). The molecule has 0 aliphatic carbocycles. The summed E-state index contributed by atoms with van der Waals surface area (Å²) < 4.78 is 1.96. The van der Waals surface area contributed by atoms with Crippen LogP contribution in [0.25, 0.3) is 0 Å². The lowest BCUT2D eigenvalue weighted by atomic mass is 10.2. The van der Waals surface area contributed by atoms with Gasteiger partial charge in [0.1, 0.15) is 6.04 Å². The minimum absolute atomic E-state index is 0.272. The van der Waals surface area contributed by atoms with E-state index in [1.54, 1.807) is 0 Å². The van der Waals surface area contributed by atoms with Gasteiger partial charge < -0.3 is 19.9 Å². The molecule has 100 valence electrons. The molecule has 5 heteroatoms. The van der Waals surface area contributed by atoms with Gasteiger partial charge in [-0.15, -0.1) is 0 Å². The average molecular weight is 251 g/mol. The third-order valence-corrected chi connectivity index (χ3v) is 3.53. The van der Waals surface area contributed by atoms with Gasteiger partial charge in [-0.2, -0.15) is 0 Å². The second kappa shape index (κ2) is 5.44. The molecule has 2 atom stereocenters. The molecule has 1 aliphatic heterocycles. The molecule has 1 saturated heterocycles. The van der Waals surface area contributed by atoms with E-state index < -0.39 is 12.0 Å². The van der Waals surface area contributed by atoms with Crippen LogP contribution in [0.3, 0.4) is 0 Å². The summed E-state index contributed by atoms with van der Waals surface area (Å²) in [6, 6.07) is 1.87. The first-order valence-corrected chi connectivity index (χ1v) is 6.47. The zero-order valence-electron chi connectivity index (χ0n) is 11.0. The first-order chi connectivity index (χ1) is 8.63. The summed E-state index contributed by atoms with van der Waals surface area (Å²) in [5.41, 5.74) is 1.00. The normalized spacial score (nSPS) is 23.6. The molecule has 5 nitrogen and oxygen atoms in total. The van der Waals surface area contributed by atoms with Crippen LogP contribution in [0.5, 0.6) is 0 Å². The van der Waals surface area contributed by atoms with Crippen molar-refractivity contribution in [1.29, 1.82) is 0 Å². The molecule has 0 saturated carbocycles. The molecule has 18 heavy (non-hydrogen) atoms. The Hall–Kier alpha value is -1.49. The number of carbonyl (C=O) groups is 1. The van der Waals surface area contributed by atoms with Crippen molar-refractivity contribution in [3.05, 3.63) is 18.5 Å². The monoisotopic (exact) mass is 251 g/mol. The second-order valence-corrected chi connectivity index (χ2v) is 4.84. The standard InChI is InChI=1S/C13H21N3O2/c1-3-14-8-10-4-5-12(13(17)18)16(10)11-6-7-15(2)9-11/h6-7,9-10,12,14H,3-5,8H2,1-2H3,(H,17,18)/t10-,12-/m1/s1. The van der Waals surface area contributed by atoms with E-state index in [0.717, 1.165) is 31.6 Å². The number of hydrogen-bond donors (Lipinski definition) is 2. The van der Waals surface area contributed by atoms with Crippen LogP contribution in [0.2, 0.25) is 0 Å². The summed E-state index contributed by atoms with van der Waals surface area (Å²) in [6.45, 7) is 3.82. The number of rotatable bonds is 5. The van der Waals surface area contributed by atoms with Crippen molar-refractivity contribution in [3.63, 3.8) is 0 Å². The van der Waals surface area contributed by atoms with Gasteiger partial charge in [-0.05, 0) is 25.5 Å². The van der Waals surface area contributed by atoms with Crippen LogP contribution in [-0.2, 0) is 11.8 Å². The maximum absolute atomic E-state index is 11.3. The molecular weight excluding hydrogens is 230 g/mol. The van der Waals surface area contributed by atoms with Crippen LogP contribution in [0.15, 0.2) is 18.5 Å². The number of aliphatic carboxylic acids is 1. The van der Waals surface area contributed by atoms with Gasteiger partial charge in [0, 0.05) is 32.0 Å². The molecule has 0 radical (unpaired) electrons. The largest absolute Gasteiger partial charge is 0.480 e. The molecule has 0 spiro atoms. The Bertz CT molecular complexity index is 416. The summed E-state index contributed by atoms with van der Waals surface area (Å²) in [7, 11) is 1.95. The highest BCUT2D eigenvalue weighted by atomic mass is 16.4. The fraction of sp³-hybridized carbons (Fsp3) is 0.615. The average Bonchev–Trinajstić information content (AvgIpc) is 2.91. The molecule has 1 aliphatic rings. The Kier molecular flexibility index (Phi) is 3.91. The van der Waals surface area contributed by atoms with Gasteiger partial charge in [0.25, 0.3) is 0 Å². The third-order valence-electron chi connectivity index (χ3n) is 3.53. The fourth-order valence-electron chi connectivity index (χ4n) is 2.67.